The van der Waals surface area contributed by atoms with E-state index in [1.807, 2.05) is 11.8 Å². The van der Waals surface area contributed by atoms with Gasteiger partial charge in [-0.2, -0.15) is 23.5 Å². The van der Waals surface area contributed by atoms with Crippen LogP contribution >= 0.6 is 23.5 Å². The SMILES string of the molecule is CSCCCSCCC1CC2CCC1C2. The fourth-order valence-corrected chi connectivity index (χ4v) is 5.01. The molecule has 0 N–H and O–H groups in total. The molecule has 0 aromatic rings. The third kappa shape index (κ3) is 3.59. The maximum absolute atomic E-state index is 2.21. The van der Waals surface area contributed by atoms with E-state index in [0.717, 1.165) is 17.8 Å². The molecule has 2 heteroatoms. The Labute approximate surface area is 103 Å². The molecule has 0 radical (unpaired) electrons. The normalized spacial score (nSPS) is 33.8. The molecule has 0 aromatic heterocycles. The lowest BCUT2D eigenvalue weighted by molar-refractivity contribution is 0.326. The van der Waals surface area contributed by atoms with Gasteiger partial charge in [0.05, 0.1) is 0 Å². The zero-order valence-electron chi connectivity index (χ0n) is 9.91. The van der Waals surface area contributed by atoms with Crippen LogP contribution in [0, 0.1) is 17.8 Å². The van der Waals surface area contributed by atoms with Crippen LogP contribution in [-0.2, 0) is 0 Å². The van der Waals surface area contributed by atoms with Gasteiger partial charge in [0, 0.05) is 0 Å². The van der Waals surface area contributed by atoms with E-state index < -0.39 is 0 Å². The maximum atomic E-state index is 2.21. The minimum absolute atomic E-state index is 1.12. The summed E-state index contributed by atoms with van der Waals surface area (Å²) < 4.78 is 0. The van der Waals surface area contributed by atoms with Gasteiger partial charge >= 0.3 is 0 Å². The molecule has 88 valence electrons. The Morgan fingerprint density at radius 2 is 2.00 bits per heavy atom. The maximum Gasteiger partial charge on any atom is -0.00597 e. The Bertz CT molecular complexity index is 181. The third-order valence-electron chi connectivity index (χ3n) is 4.15. The molecule has 3 unspecified atom stereocenters. The standard InChI is InChI=1S/C13H24S2/c1-14-6-2-7-15-8-5-13-10-11-3-4-12(13)9-11/h11-13H,2-10H2,1H3. The molecule has 2 rings (SSSR count). The van der Waals surface area contributed by atoms with Gasteiger partial charge in [-0.05, 0) is 73.4 Å². The Kier molecular flexibility index (Phi) is 5.22. The van der Waals surface area contributed by atoms with Crippen molar-refractivity contribution in [3.05, 3.63) is 0 Å². The summed E-state index contributed by atoms with van der Waals surface area (Å²) in [6, 6.07) is 0. The second-order valence-electron chi connectivity index (χ2n) is 5.18. The van der Waals surface area contributed by atoms with E-state index in [1.54, 1.807) is 25.7 Å². The highest BCUT2D eigenvalue weighted by molar-refractivity contribution is 7.99. The van der Waals surface area contributed by atoms with Crippen LogP contribution in [0.25, 0.3) is 0 Å². The summed E-state index contributed by atoms with van der Waals surface area (Å²) in [5.41, 5.74) is 0. The van der Waals surface area contributed by atoms with E-state index in [4.69, 9.17) is 0 Å². The molecule has 2 fully saturated rings. The monoisotopic (exact) mass is 244 g/mol. The fourth-order valence-electron chi connectivity index (χ4n) is 3.37. The molecule has 2 saturated carbocycles. The average molecular weight is 244 g/mol. The number of thioether (sulfide) groups is 2. The first kappa shape index (κ1) is 12.2. The third-order valence-corrected chi connectivity index (χ3v) is 5.95. The Balaban J connectivity index is 1.48. The van der Waals surface area contributed by atoms with Crippen LogP contribution in [0.4, 0.5) is 0 Å². The summed E-state index contributed by atoms with van der Waals surface area (Å²) in [4.78, 5) is 0. The molecule has 0 heterocycles. The van der Waals surface area contributed by atoms with Crippen LogP contribution in [0.15, 0.2) is 0 Å². The van der Waals surface area contributed by atoms with Crippen LogP contribution in [0.1, 0.15) is 38.5 Å². The van der Waals surface area contributed by atoms with Crippen molar-refractivity contribution in [2.24, 2.45) is 17.8 Å². The zero-order chi connectivity index (χ0) is 10.5. The Morgan fingerprint density at radius 1 is 1.07 bits per heavy atom. The van der Waals surface area contributed by atoms with E-state index in [-0.39, 0.29) is 0 Å². The summed E-state index contributed by atoms with van der Waals surface area (Å²) in [6.07, 6.45) is 11.4. The summed E-state index contributed by atoms with van der Waals surface area (Å²) in [5.74, 6) is 7.57. The lowest BCUT2D eigenvalue weighted by Crippen LogP contribution is -2.11. The number of hydrogen-bond donors (Lipinski definition) is 0. The molecule has 0 aromatic carbocycles. The topological polar surface area (TPSA) is 0 Å². The molecular formula is C13H24S2. The minimum Gasteiger partial charge on any atom is -0.165 e. The molecule has 0 saturated heterocycles. The first-order valence-electron chi connectivity index (χ1n) is 6.47. The lowest BCUT2D eigenvalue weighted by atomic mass is 9.87. The highest BCUT2D eigenvalue weighted by Gasteiger charge is 2.38. The van der Waals surface area contributed by atoms with Crippen molar-refractivity contribution >= 4 is 23.5 Å². The lowest BCUT2D eigenvalue weighted by Gasteiger charge is -2.21. The predicted molar refractivity (Wildman–Crippen MR) is 73.9 cm³/mol. The quantitative estimate of drug-likeness (QED) is 0.612. The van der Waals surface area contributed by atoms with Gasteiger partial charge < -0.3 is 0 Å². The second kappa shape index (κ2) is 6.44. The van der Waals surface area contributed by atoms with Crippen LogP contribution in [0.2, 0.25) is 0 Å². The average Bonchev–Trinajstić information content (AvgIpc) is 2.85. The first-order chi connectivity index (χ1) is 7.40. The van der Waals surface area contributed by atoms with Gasteiger partial charge in [-0.15, -0.1) is 0 Å². The van der Waals surface area contributed by atoms with Crippen LogP contribution in [0.3, 0.4) is 0 Å². The van der Waals surface area contributed by atoms with Crippen molar-refractivity contribution in [1.82, 2.24) is 0 Å². The molecule has 2 bridgehead atoms. The largest absolute Gasteiger partial charge is 0.165 e. The van der Waals surface area contributed by atoms with Crippen molar-refractivity contribution in [1.29, 1.82) is 0 Å². The second-order valence-corrected chi connectivity index (χ2v) is 7.39. The van der Waals surface area contributed by atoms with E-state index in [9.17, 15) is 0 Å². The zero-order valence-corrected chi connectivity index (χ0v) is 11.5. The van der Waals surface area contributed by atoms with Crippen molar-refractivity contribution in [2.75, 3.05) is 23.5 Å². The Morgan fingerprint density at radius 3 is 2.67 bits per heavy atom. The molecule has 0 aliphatic heterocycles. The Hall–Kier alpha value is 0.700. The molecular weight excluding hydrogens is 220 g/mol. The summed E-state index contributed by atoms with van der Waals surface area (Å²) in [7, 11) is 0. The highest BCUT2D eigenvalue weighted by Crippen LogP contribution is 2.49. The molecule has 2 aliphatic rings. The fraction of sp³-hybridized carbons (Fsp3) is 1.00. The number of hydrogen-bond acceptors (Lipinski definition) is 2. The van der Waals surface area contributed by atoms with Crippen molar-refractivity contribution in [3.63, 3.8) is 0 Å². The van der Waals surface area contributed by atoms with Gasteiger partial charge in [0.1, 0.15) is 0 Å². The van der Waals surface area contributed by atoms with Crippen LogP contribution in [-0.4, -0.2) is 23.5 Å². The van der Waals surface area contributed by atoms with E-state index in [2.05, 4.69) is 18.0 Å². The van der Waals surface area contributed by atoms with Crippen LogP contribution < -0.4 is 0 Å². The minimum atomic E-state index is 1.12. The number of rotatable bonds is 7. The van der Waals surface area contributed by atoms with Gasteiger partial charge in [0.15, 0.2) is 0 Å². The molecule has 2 aliphatic carbocycles. The first-order valence-corrected chi connectivity index (χ1v) is 9.01. The van der Waals surface area contributed by atoms with Crippen molar-refractivity contribution < 1.29 is 0 Å². The van der Waals surface area contributed by atoms with E-state index in [0.29, 0.717) is 0 Å². The smallest absolute Gasteiger partial charge is 0.00597 e. The predicted octanol–water partition coefficient (Wildman–Crippen LogP) is 4.30. The van der Waals surface area contributed by atoms with Crippen LogP contribution in [0.5, 0.6) is 0 Å². The van der Waals surface area contributed by atoms with Gasteiger partial charge in [-0.1, -0.05) is 6.42 Å². The van der Waals surface area contributed by atoms with Gasteiger partial charge in [0.2, 0.25) is 0 Å². The van der Waals surface area contributed by atoms with Gasteiger partial charge in [-0.3, -0.25) is 0 Å². The van der Waals surface area contributed by atoms with E-state index in [1.165, 1.54) is 30.1 Å². The molecule has 0 amide bonds. The molecule has 3 atom stereocenters. The number of fused-ring (bicyclic) bond motifs is 2. The van der Waals surface area contributed by atoms with Gasteiger partial charge in [0.25, 0.3) is 0 Å². The van der Waals surface area contributed by atoms with Crippen molar-refractivity contribution in [3.8, 4) is 0 Å². The molecule has 0 spiro atoms. The summed E-state index contributed by atoms with van der Waals surface area (Å²) in [5, 5.41) is 0. The summed E-state index contributed by atoms with van der Waals surface area (Å²) in [6.45, 7) is 0. The molecule has 0 nitrogen and oxygen atoms in total. The van der Waals surface area contributed by atoms with Crippen molar-refractivity contribution in [2.45, 2.75) is 38.5 Å². The van der Waals surface area contributed by atoms with E-state index >= 15 is 0 Å². The molecule has 15 heavy (non-hydrogen) atoms. The highest BCUT2D eigenvalue weighted by atomic mass is 32.2. The summed E-state index contributed by atoms with van der Waals surface area (Å²) >= 11 is 4.18. The van der Waals surface area contributed by atoms with Gasteiger partial charge in [-0.25, -0.2) is 0 Å².